The van der Waals surface area contributed by atoms with Gasteiger partial charge in [-0.1, -0.05) is 22.9 Å². The Labute approximate surface area is 130 Å². The average molecular weight is 342 g/mol. The number of nitrogens with one attached hydrogen (secondary N) is 1. The molecule has 3 nitrogen and oxygen atoms in total. The van der Waals surface area contributed by atoms with Crippen LogP contribution in [-0.2, 0) is 11.3 Å². The molecule has 20 heavy (non-hydrogen) atoms. The zero-order valence-corrected chi connectivity index (χ0v) is 14.0. The second-order valence-corrected chi connectivity index (χ2v) is 6.59. The van der Waals surface area contributed by atoms with Crippen molar-refractivity contribution in [2.45, 2.75) is 45.2 Å². The van der Waals surface area contributed by atoms with Crippen molar-refractivity contribution < 1.29 is 9.47 Å². The predicted octanol–water partition coefficient (Wildman–Crippen LogP) is 3.90. The quantitative estimate of drug-likeness (QED) is 0.851. The maximum absolute atomic E-state index is 5.82. The second-order valence-electron chi connectivity index (χ2n) is 5.67. The van der Waals surface area contributed by atoms with Crippen LogP contribution in [0.1, 0.15) is 38.7 Å². The molecule has 1 heterocycles. The predicted molar refractivity (Wildman–Crippen MR) is 85.2 cm³/mol. The van der Waals surface area contributed by atoms with Crippen molar-refractivity contribution in [1.82, 2.24) is 5.32 Å². The van der Waals surface area contributed by atoms with Crippen molar-refractivity contribution >= 4 is 15.9 Å². The van der Waals surface area contributed by atoms with Gasteiger partial charge in [-0.3, -0.25) is 0 Å². The summed E-state index contributed by atoms with van der Waals surface area (Å²) in [6, 6.07) is 6.20. The molecule has 0 amide bonds. The van der Waals surface area contributed by atoms with Crippen molar-refractivity contribution in [2.24, 2.45) is 0 Å². The highest BCUT2D eigenvalue weighted by Crippen LogP contribution is 2.25. The summed E-state index contributed by atoms with van der Waals surface area (Å²) in [5.74, 6) is 0.975. The van der Waals surface area contributed by atoms with Gasteiger partial charge in [-0.05, 0) is 44.4 Å². The largest absolute Gasteiger partial charge is 0.493 e. The van der Waals surface area contributed by atoms with Crippen molar-refractivity contribution in [3.05, 3.63) is 28.2 Å². The Bertz CT molecular complexity index is 430. The Morgan fingerprint density at radius 2 is 2.30 bits per heavy atom. The Morgan fingerprint density at radius 1 is 1.45 bits per heavy atom. The van der Waals surface area contributed by atoms with Gasteiger partial charge in [0.05, 0.1) is 13.2 Å². The summed E-state index contributed by atoms with van der Waals surface area (Å²) < 4.78 is 12.5. The number of rotatable bonds is 6. The van der Waals surface area contributed by atoms with Gasteiger partial charge in [0.15, 0.2) is 0 Å². The van der Waals surface area contributed by atoms with Crippen LogP contribution >= 0.6 is 15.9 Å². The van der Waals surface area contributed by atoms with Gasteiger partial charge >= 0.3 is 0 Å². The van der Waals surface area contributed by atoms with Crippen LogP contribution < -0.4 is 10.1 Å². The molecular weight excluding hydrogens is 318 g/mol. The fraction of sp³-hybridized carbons (Fsp3) is 0.625. The molecule has 1 N–H and O–H groups in total. The Morgan fingerprint density at radius 3 is 3.00 bits per heavy atom. The van der Waals surface area contributed by atoms with Crippen molar-refractivity contribution in [3.63, 3.8) is 0 Å². The van der Waals surface area contributed by atoms with Crippen LogP contribution in [0.2, 0.25) is 0 Å². The summed E-state index contributed by atoms with van der Waals surface area (Å²) >= 11 is 3.54. The van der Waals surface area contributed by atoms with E-state index >= 15 is 0 Å². The van der Waals surface area contributed by atoms with Crippen molar-refractivity contribution in [3.8, 4) is 5.75 Å². The molecule has 0 aliphatic carbocycles. The van der Waals surface area contributed by atoms with E-state index < -0.39 is 0 Å². The minimum atomic E-state index is 0.0720. The normalized spacial score (nSPS) is 22.8. The van der Waals surface area contributed by atoms with Gasteiger partial charge in [-0.25, -0.2) is 0 Å². The van der Waals surface area contributed by atoms with E-state index in [-0.39, 0.29) is 5.54 Å². The van der Waals surface area contributed by atoms with Crippen LogP contribution in [0, 0.1) is 0 Å². The fourth-order valence-corrected chi connectivity index (χ4v) is 2.83. The molecule has 2 rings (SSSR count). The lowest BCUT2D eigenvalue weighted by Crippen LogP contribution is -2.48. The van der Waals surface area contributed by atoms with Crippen LogP contribution in [0.25, 0.3) is 0 Å². The van der Waals surface area contributed by atoms with Gasteiger partial charge in [-0.15, -0.1) is 0 Å². The Kier molecular flexibility index (Phi) is 5.87. The molecule has 1 unspecified atom stereocenters. The highest BCUT2D eigenvalue weighted by molar-refractivity contribution is 9.10. The zero-order chi connectivity index (χ0) is 14.4. The minimum Gasteiger partial charge on any atom is -0.493 e. The zero-order valence-electron chi connectivity index (χ0n) is 12.4. The third kappa shape index (κ3) is 4.47. The summed E-state index contributed by atoms with van der Waals surface area (Å²) in [7, 11) is 0. The van der Waals surface area contributed by atoms with E-state index in [2.05, 4.69) is 41.2 Å². The van der Waals surface area contributed by atoms with Crippen LogP contribution in [0.5, 0.6) is 5.75 Å². The van der Waals surface area contributed by atoms with E-state index in [4.69, 9.17) is 9.47 Å². The number of ether oxygens (including phenoxy) is 2. The number of halogens is 1. The average Bonchev–Trinajstić information content (AvgIpc) is 2.45. The molecule has 1 aliphatic heterocycles. The van der Waals surface area contributed by atoms with E-state index in [0.717, 1.165) is 55.9 Å². The second kappa shape index (κ2) is 7.43. The van der Waals surface area contributed by atoms with E-state index in [1.807, 2.05) is 12.1 Å². The van der Waals surface area contributed by atoms with Gasteiger partial charge in [0.25, 0.3) is 0 Å². The summed E-state index contributed by atoms with van der Waals surface area (Å²) in [6.45, 7) is 7.59. The minimum absolute atomic E-state index is 0.0720. The molecule has 0 radical (unpaired) electrons. The Hall–Kier alpha value is -0.580. The first kappa shape index (κ1) is 15.8. The first-order valence-corrected chi connectivity index (χ1v) is 8.16. The number of benzene rings is 1. The highest BCUT2D eigenvalue weighted by atomic mass is 79.9. The maximum Gasteiger partial charge on any atom is 0.123 e. The van der Waals surface area contributed by atoms with E-state index in [1.54, 1.807) is 0 Å². The lowest BCUT2D eigenvalue weighted by atomic mass is 9.94. The van der Waals surface area contributed by atoms with E-state index in [9.17, 15) is 0 Å². The third-order valence-corrected chi connectivity index (χ3v) is 4.12. The van der Waals surface area contributed by atoms with Gasteiger partial charge in [-0.2, -0.15) is 0 Å². The molecule has 0 saturated carbocycles. The molecule has 0 bridgehead atoms. The van der Waals surface area contributed by atoms with E-state index in [0.29, 0.717) is 0 Å². The highest BCUT2D eigenvalue weighted by Gasteiger charge is 2.27. The number of hydrogen-bond donors (Lipinski definition) is 1. The molecule has 1 aromatic carbocycles. The van der Waals surface area contributed by atoms with Crippen molar-refractivity contribution in [2.75, 3.05) is 19.8 Å². The molecular formula is C16H24BrNO2. The standard InChI is InChI=1S/C16H24BrNO2/c1-3-8-20-15-6-5-14(17)10-13(15)11-18-16(2)7-4-9-19-12-16/h5-6,10,18H,3-4,7-9,11-12H2,1-2H3. The summed E-state index contributed by atoms with van der Waals surface area (Å²) in [5.41, 5.74) is 1.27. The van der Waals surface area contributed by atoms with Crippen LogP contribution in [0.4, 0.5) is 0 Å². The molecule has 1 fully saturated rings. The summed E-state index contributed by atoms with van der Waals surface area (Å²) in [6.07, 6.45) is 3.31. The summed E-state index contributed by atoms with van der Waals surface area (Å²) in [5, 5.41) is 3.63. The van der Waals surface area contributed by atoms with Crippen LogP contribution in [-0.4, -0.2) is 25.4 Å². The Balaban J connectivity index is 2.01. The monoisotopic (exact) mass is 341 g/mol. The molecule has 112 valence electrons. The van der Waals surface area contributed by atoms with Crippen LogP contribution in [0.3, 0.4) is 0 Å². The molecule has 1 atom stereocenters. The van der Waals surface area contributed by atoms with Gasteiger partial charge in [0.2, 0.25) is 0 Å². The van der Waals surface area contributed by atoms with Crippen molar-refractivity contribution in [1.29, 1.82) is 0 Å². The van der Waals surface area contributed by atoms with Gasteiger partial charge in [0, 0.05) is 28.7 Å². The smallest absolute Gasteiger partial charge is 0.123 e. The fourth-order valence-electron chi connectivity index (χ4n) is 2.42. The SMILES string of the molecule is CCCOc1ccc(Br)cc1CNC1(C)CCCOC1. The van der Waals surface area contributed by atoms with Gasteiger partial charge in [0.1, 0.15) is 5.75 Å². The number of hydrogen-bond acceptors (Lipinski definition) is 3. The summed E-state index contributed by atoms with van der Waals surface area (Å²) in [4.78, 5) is 0. The molecule has 1 aromatic rings. The molecule has 0 spiro atoms. The first-order chi connectivity index (χ1) is 9.63. The topological polar surface area (TPSA) is 30.5 Å². The van der Waals surface area contributed by atoms with E-state index in [1.165, 1.54) is 5.56 Å². The lowest BCUT2D eigenvalue weighted by molar-refractivity contribution is 0.0277. The lowest BCUT2D eigenvalue weighted by Gasteiger charge is -2.34. The molecule has 1 saturated heterocycles. The molecule has 0 aromatic heterocycles. The first-order valence-electron chi connectivity index (χ1n) is 7.37. The third-order valence-electron chi connectivity index (χ3n) is 3.63. The molecule has 4 heteroatoms. The van der Waals surface area contributed by atoms with Gasteiger partial charge < -0.3 is 14.8 Å². The molecule has 1 aliphatic rings. The van der Waals surface area contributed by atoms with Crippen LogP contribution in [0.15, 0.2) is 22.7 Å². The maximum atomic E-state index is 5.82.